The van der Waals surface area contributed by atoms with Crippen molar-refractivity contribution in [3.63, 3.8) is 0 Å². The molecule has 0 bridgehead atoms. The molecular formula is C15H30N2O. The van der Waals surface area contributed by atoms with Gasteiger partial charge in [-0.15, -0.1) is 0 Å². The minimum atomic E-state index is -0.170. The maximum atomic E-state index is 10.6. The Morgan fingerprint density at radius 3 is 2.39 bits per heavy atom. The number of likely N-dealkylation sites (N-methyl/N-ethyl adjacent to an activating group) is 1. The molecule has 1 saturated heterocycles. The highest BCUT2D eigenvalue weighted by molar-refractivity contribution is 4.94. The van der Waals surface area contributed by atoms with Gasteiger partial charge in [-0.1, -0.05) is 20.3 Å². The second kappa shape index (κ2) is 5.48. The molecule has 0 spiro atoms. The van der Waals surface area contributed by atoms with Crippen molar-refractivity contribution in [2.24, 2.45) is 5.41 Å². The van der Waals surface area contributed by atoms with Crippen LogP contribution in [0.5, 0.6) is 0 Å². The maximum Gasteiger partial charge on any atom is 0.0746 e. The fourth-order valence-electron chi connectivity index (χ4n) is 3.69. The molecule has 0 radical (unpaired) electrons. The average molecular weight is 254 g/mol. The summed E-state index contributed by atoms with van der Waals surface area (Å²) in [7, 11) is 4.43. The molecule has 0 aromatic rings. The molecule has 2 aliphatic rings. The van der Waals surface area contributed by atoms with Gasteiger partial charge in [-0.3, -0.25) is 4.90 Å². The average Bonchev–Trinajstić information content (AvgIpc) is 2.33. The van der Waals surface area contributed by atoms with Crippen LogP contribution in [0.1, 0.15) is 46.0 Å². The van der Waals surface area contributed by atoms with Gasteiger partial charge in [0.25, 0.3) is 0 Å². The first-order valence-electron chi connectivity index (χ1n) is 7.50. The van der Waals surface area contributed by atoms with Crippen LogP contribution in [0.15, 0.2) is 0 Å². The third-order valence-corrected chi connectivity index (χ3v) is 5.27. The van der Waals surface area contributed by atoms with Gasteiger partial charge in [0.05, 0.1) is 6.10 Å². The summed E-state index contributed by atoms with van der Waals surface area (Å²) in [5, 5.41) is 10.6. The molecule has 1 aliphatic carbocycles. The van der Waals surface area contributed by atoms with Crippen LogP contribution in [0, 0.1) is 5.41 Å². The fraction of sp³-hybridized carbons (Fsp3) is 1.00. The van der Waals surface area contributed by atoms with Crippen LogP contribution in [0.2, 0.25) is 0 Å². The minimum Gasteiger partial charge on any atom is -0.391 e. The van der Waals surface area contributed by atoms with E-state index in [1.165, 1.54) is 32.4 Å². The van der Waals surface area contributed by atoms with E-state index < -0.39 is 0 Å². The monoisotopic (exact) mass is 254 g/mol. The van der Waals surface area contributed by atoms with Crippen molar-refractivity contribution >= 4 is 0 Å². The molecule has 2 fully saturated rings. The van der Waals surface area contributed by atoms with Crippen molar-refractivity contribution in [2.45, 2.75) is 64.1 Å². The zero-order valence-corrected chi connectivity index (χ0v) is 12.5. The van der Waals surface area contributed by atoms with Gasteiger partial charge in [-0.05, 0) is 58.3 Å². The van der Waals surface area contributed by atoms with E-state index >= 15 is 0 Å². The number of hydrogen-bond acceptors (Lipinski definition) is 3. The lowest BCUT2D eigenvalue weighted by Gasteiger charge is -2.48. The van der Waals surface area contributed by atoms with Crippen LogP contribution in [0.25, 0.3) is 0 Å². The molecule has 0 aromatic heterocycles. The third kappa shape index (κ3) is 2.89. The first-order valence-corrected chi connectivity index (χ1v) is 7.50. The Bertz CT molecular complexity index is 272. The summed E-state index contributed by atoms with van der Waals surface area (Å²) in [6, 6.07) is 1.02. The second-order valence-corrected chi connectivity index (χ2v) is 7.09. The number of hydrogen-bond donors (Lipinski definition) is 1. The molecule has 2 atom stereocenters. The molecular weight excluding hydrogens is 224 g/mol. The maximum absolute atomic E-state index is 10.6. The lowest BCUT2D eigenvalue weighted by molar-refractivity contribution is -0.0663. The van der Waals surface area contributed by atoms with Crippen molar-refractivity contribution in [3.8, 4) is 0 Å². The number of likely N-dealkylation sites (tertiary alicyclic amines) is 1. The first kappa shape index (κ1) is 14.3. The van der Waals surface area contributed by atoms with Gasteiger partial charge >= 0.3 is 0 Å². The zero-order chi connectivity index (χ0) is 13.3. The van der Waals surface area contributed by atoms with E-state index in [9.17, 15) is 5.11 Å². The van der Waals surface area contributed by atoms with E-state index in [2.05, 4.69) is 37.7 Å². The predicted octanol–water partition coefficient (Wildman–Crippen LogP) is 1.95. The van der Waals surface area contributed by atoms with Gasteiger partial charge in [0.1, 0.15) is 0 Å². The van der Waals surface area contributed by atoms with Crippen LogP contribution in [0.3, 0.4) is 0 Å². The fourth-order valence-corrected chi connectivity index (χ4v) is 3.69. The molecule has 1 aliphatic heterocycles. The molecule has 3 heteroatoms. The highest BCUT2D eigenvalue weighted by Gasteiger charge is 2.41. The van der Waals surface area contributed by atoms with Crippen molar-refractivity contribution in [1.82, 2.24) is 9.80 Å². The van der Waals surface area contributed by atoms with Gasteiger partial charge in [0.15, 0.2) is 0 Å². The van der Waals surface area contributed by atoms with E-state index in [-0.39, 0.29) is 11.5 Å². The molecule has 1 saturated carbocycles. The van der Waals surface area contributed by atoms with Crippen LogP contribution >= 0.6 is 0 Å². The highest BCUT2D eigenvalue weighted by Crippen LogP contribution is 2.38. The smallest absolute Gasteiger partial charge is 0.0746 e. The Morgan fingerprint density at radius 1 is 1.17 bits per heavy atom. The summed E-state index contributed by atoms with van der Waals surface area (Å²) in [6.45, 7) is 6.82. The number of piperidine rings is 1. The normalized spacial score (nSPS) is 35.0. The molecule has 2 rings (SSSR count). The Balaban J connectivity index is 1.97. The third-order valence-electron chi connectivity index (χ3n) is 5.27. The Kier molecular flexibility index (Phi) is 4.35. The standard InChI is InChI=1S/C15H30N2O/c1-15(2)9-5-6-13(14(15)18)17(4)12-7-10-16(3)11-8-12/h12-14,18H,5-11H2,1-4H3. The number of aliphatic hydroxyl groups is 1. The molecule has 106 valence electrons. The SMILES string of the molecule is CN1CCC(N(C)C2CCCC(C)(C)C2O)CC1. The van der Waals surface area contributed by atoms with Crippen LogP contribution in [-0.4, -0.2) is 60.3 Å². The summed E-state index contributed by atoms with van der Waals surface area (Å²) >= 11 is 0. The van der Waals surface area contributed by atoms with Crippen molar-refractivity contribution in [1.29, 1.82) is 0 Å². The van der Waals surface area contributed by atoms with E-state index in [1.807, 2.05) is 0 Å². The van der Waals surface area contributed by atoms with Gasteiger partial charge in [0, 0.05) is 12.1 Å². The largest absolute Gasteiger partial charge is 0.391 e. The molecule has 18 heavy (non-hydrogen) atoms. The summed E-state index contributed by atoms with van der Waals surface area (Å²) in [4.78, 5) is 4.89. The zero-order valence-electron chi connectivity index (χ0n) is 12.5. The van der Waals surface area contributed by atoms with E-state index in [0.717, 1.165) is 12.8 Å². The summed E-state index contributed by atoms with van der Waals surface area (Å²) < 4.78 is 0. The summed E-state index contributed by atoms with van der Waals surface area (Å²) in [6.07, 6.45) is 5.90. The van der Waals surface area contributed by atoms with Crippen LogP contribution < -0.4 is 0 Å². The molecule has 3 nitrogen and oxygen atoms in total. The lowest BCUT2D eigenvalue weighted by Crippen LogP contribution is -2.55. The summed E-state index contributed by atoms with van der Waals surface area (Å²) in [5.74, 6) is 0. The van der Waals surface area contributed by atoms with Gasteiger partial charge in [0.2, 0.25) is 0 Å². The van der Waals surface area contributed by atoms with Crippen LogP contribution in [0.4, 0.5) is 0 Å². The lowest BCUT2D eigenvalue weighted by atomic mass is 9.72. The Hall–Kier alpha value is -0.120. The molecule has 1 N–H and O–H groups in total. The number of aliphatic hydroxyl groups excluding tert-OH is 1. The Labute approximate surface area is 112 Å². The number of nitrogens with zero attached hydrogens (tertiary/aromatic N) is 2. The van der Waals surface area contributed by atoms with Crippen molar-refractivity contribution in [2.75, 3.05) is 27.2 Å². The van der Waals surface area contributed by atoms with E-state index in [4.69, 9.17) is 0 Å². The highest BCUT2D eigenvalue weighted by atomic mass is 16.3. The van der Waals surface area contributed by atoms with Gasteiger partial charge in [-0.2, -0.15) is 0 Å². The Morgan fingerprint density at radius 2 is 1.78 bits per heavy atom. The predicted molar refractivity (Wildman–Crippen MR) is 75.7 cm³/mol. The van der Waals surface area contributed by atoms with Gasteiger partial charge < -0.3 is 10.0 Å². The summed E-state index contributed by atoms with van der Waals surface area (Å²) in [5.41, 5.74) is 0.0859. The number of rotatable bonds is 2. The minimum absolute atomic E-state index is 0.0859. The molecule has 0 aromatic carbocycles. The second-order valence-electron chi connectivity index (χ2n) is 7.09. The quantitative estimate of drug-likeness (QED) is 0.816. The van der Waals surface area contributed by atoms with E-state index in [1.54, 1.807) is 0 Å². The van der Waals surface area contributed by atoms with E-state index in [0.29, 0.717) is 12.1 Å². The van der Waals surface area contributed by atoms with Crippen molar-refractivity contribution < 1.29 is 5.11 Å². The topological polar surface area (TPSA) is 26.7 Å². The van der Waals surface area contributed by atoms with Gasteiger partial charge in [-0.25, -0.2) is 0 Å². The molecule has 2 unspecified atom stereocenters. The molecule has 0 amide bonds. The van der Waals surface area contributed by atoms with Crippen molar-refractivity contribution in [3.05, 3.63) is 0 Å². The first-order chi connectivity index (χ1) is 8.42. The van der Waals surface area contributed by atoms with Crippen LogP contribution in [-0.2, 0) is 0 Å². The molecule has 1 heterocycles.